The molecule has 0 aromatic carbocycles. The number of aliphatic hydroxyl groups excluding tert-OH is 2. The molecule has 6 nitrogen and oxygen atoms in total. The van der Waals surface area contributed by atoms with Crippen LogP contribution in [0.1, 0.15) is 46.0 Å². The summed E-state index contributed by atoms with van der Waals surface area (Å²) >= 11 is 0. The minimum Gasteiger partial charge on any atom is -0.396 e. The van der Waals surface area contributed by atoms with Gasteiger partial charge in [-0.25, -0.2) is 0 Å². The van der Waals surface area contributed by atoms with E-state index in [-0.39, 0.29) is 25.5 Å². The number of aliphatic hydroxyl groups is 2. The van der Waals surface area contributed by atoms with E-state index in [1.165, 1.54) is 0 Å². The molecule has 0 unspecified atom stereocenters. The van der Waals surface area contributed by atoms with Crippen LogP contribution in [0.15, 0.2) is 12.7 Å². The van der Waals surface area contributed by atoms with Gasteiger partial charge in [0.1, 0.15) is 6.10 Å². The molecule has 22 heavy (non-hydrogen) atoms. The van der Waals surface area contributed by atoms with Gasteiger partial charge in [0, 0.05) is 24.9 Å². The van der Waals surface area contributed by atoms with Crippen molar-refractivity contribution >= 4 is 11.8 Å². The first-order valence-corrected chi connectivity index (χ1v) is 7.85. The Hall–Kier alpha value is -1.40. The number of hydrogen-bond acceptors (Lipinski definition) is 4. The second kappa shape index (κ2) is 11.2. The van der Waals surface area contributed by atoms with E-state index in [1.807, 2.05) is 0 Å². The van der Waals surface area contributed by atoms with E-state index in [9.17, 15) is 19.8 Å². The molecule has 0 aliphatic rings. The maximum atomic E-state index is 11.9. The maximum absolute atomic E-state index is 11.9. The highest BCUT2D eigenvalue weighted by Crippen LogP contribution is 2.26. The number of amides is 2. The Morgan fingerprint density at radius 2 is 1.95 bits per heavy atom. The maximum Gasteiger partial charge on any atom is 0.249 e. The van der Waals surface area contributed by atoms with E-state index in [0.29, 0.717) is 13.0 Å². The topological polar surface area (TPSA) is 98.7 Å². The van der Waals surface area contributed by atoms with Gasteiger partial charge in [0.25, 0.3) is 0 Å². The van der Waals surface area contributed by atoms with Crippen LogP contribution in [0.25, 0.3) is 0 Å². The van der Waals surface area contributed by atoms with Crippen molar-refractivity contribution in [3.63, 3.8) is 0 Å². The lowest BCUT2D eigenvalue weighted by Crippen LogP contribution is -2.47. The molecule has 128 valence electrons. The summed E-state index contributed by atoms with van der Waals surface area (Å²) in [5, 5.41) is 24.6. The van der Waals surface area contributed by atoms with Crippen LogP contribution in [0.2, 0.25) is 0 Å². The fourth-order valence-electron chi connectivity index (χ4n) is 2.00. The molecule has 0 rings (SSSR count). The quantitative estimate of drug-likeness (QED) is 0.315. The molecular weight excluding hydrogens is 284 g/mol. The van der Waals surface area contributed by atoms with Crippen molar-refractivity contribution in [1.82, 2.24) is 10.6 Å². The van der Waals surface area contributed by atoms with Gasteiger partial charge in [0.2, 0.25) is 11.8 Å². The molecule has 6 heteroatoms. The third kappa shape index (κ3) is 7.56. The highest BCUT2D eigenvalue weighted by Gasteiger charge is 2.36. The standard InChI is InChI=1S/C16H30N2O4/c1-4-6-7-10-17-13(20)8-11-18-15(22)14(21)16(3,12-19)9-5-2/h5,14,19,21H,2,4,6-12H2,1,3H3,(H,17,20)(H,18,22)/t14-,16+/m0/s1. The summed E-state index contributed by atoms with van der Waals surface area (Å²) in [6, 6.07) is 0. The van der Waals surface area contributed by atoms with Crippen molar-refractivity contribution in [3.8, 4) is 0 Å². The van der Waals surface area contributed by atoms with Crippen molar-refractivity contribution in [2.75, 3.05) is 19.7 Å². The van der Waals surface area contributed by atoms with Gasteiger partial charge in [-0.1, -0.05) is 32.8 Å². The predicted octanol–water partition coefficient (Wildman–Crippen LogP) is 0.735. The molecular formula is C16H30N2O4. The van der Waals surface area contributed by atoms with Crippen LogP contribution in [0, 0.1) is 5.41 Å². The summed E-state index contributed by atoms with van der Waals surface area (Å²) in [5.41, 5.74) is -0.964. The third-order valence-corrected chi connectivity index (χ3v) is 3.63. The third-order valence-electron chi connectivity index (χ3n) is 3.63. The minimum atomic E-state index is -1.34. The lowest BCUT2D eigenvalue weighted by Gasteiger charge is -2.30. The number of carbonyl (C=O) groups is 2. The average Bonchev–Trinajstić information content (AvgIpc) is 2.50. The zero-order chi connectivity index (χ0) is 17.0. The molecule has 0 bridgehead atoms. The minimum absolute atomic E-state index is 0.123. The molecule has 0 aromatic heterocycles. The normalized spacial score (nSPS) is 14.7. The van der Waals surface area contributed by atoms with E-state index in [2.05, 4.69) is 24.1 Å². The summed E-state index contributed by atoms with van der Waals surface area (Å²) < 4.78 is 0. The molecule has 2 atom stereocenters. The first-order valence-electron chi connectivity index (χ1n) is 7.85. The Labute approximate surface area is 133 Å². The van der Waals surface area contributed by atoms with Crippen LogP contribution in [-0.4, -0.2) is 47.8 Å². The van der Waals surface area contributed by atoms with Gasteiger partial charge >= 0.3 is 0 Å². The summed E-state index contributed by atoms with van der Waals surface area (Å²) in [6.45, 7) is 7.73. The van der Waals surface area contributed by atoms with Crippen LogP contribution in [-0.2, 0) is 9.59 Å². The molecule has 0 spiro atoms. The molecule has 2 amide bonds. The van der Waals surface area contributed by atoms with Gasteiger partial charge in [-0.05, 0) is 12.8 Å². The number of nitrogens with one attached hydrogen (secondary N) is 2. The van der Waals surface area contributed by atoms with Crippen LogP contribution < -0.4 is 10.6 Å². The Morgan fingerprint density at radius 3 is 2.50 bits per heavy atom. The Balaban J connectivity index is 4.06. The van der Waals surface area contributed by atoms with Crippen molar-refractivity contribution < 1.29 is 19.8 Å². The van der Waals surface area contributed by atoms with Crippen LogP contribution in [0.5, 0.6) is 0 Å². The van der Waals surface area contributed by atoms with Gasteiger partial charge in [-0.3, -0.25) is 9.59 Å². The Bertz CT molecular complexity index is 360. The summed E-state index contributed by atoms with van der Waals surface area (Å²) in [4.78, 5) is 23.4. The van der Waals surface area contributed by atoms with Crippen molar-refractivity contribution in [2.24, 2.45) is 5.41 Å². The number of carbonyl (C=O) groups excluding carboxylic acids is 2. The van der Waals surface area contributed by atoms with E-state index >= 15 is 0 Å². The lowest BCUT2D eigenvalue weighted by molar-refractivity contribution is -0.138. The second-order valence-electron chi connectivity index (χ2n) is 5.81. The molecule has 0 radical (unpaired) electrons. The average molecular weight is 314 g/mol. The first kappa shape index (κ1) is 20.6. The number of rotatable bonds is 12. The summed E-state index contributed by atoms with van der Waals surface area (Å²) in [7, 11) is 0. The summed E-state index contributed by atoms with van der Waals surface area (Å²) in [6.07, 6.45) is 3.81. The van der Waals surface area contributed by atoms with Crippen molar-refractivity contribution in [1.29, 1.82) is 0 Å². The Morgan fingerprint density at radius 1 is 1.27 bits per heavy atom. The molecule has 0 saturated carbocycles. The molecule has 0 heterocycles. The smallest absolute Gasteiger partial charge is 0.249 e. The highest BCUT2D eigenvalue weighted by atomic mass is 16.3. The number of unbranched alkanes of at least 4 members (excludes halogenated alkanes) is 2. The molecule has 0 aliphatic carbocycles. The zero-order valence-electron chi connectivity index (χ0n) is 13.7. The van der Waals surface area contributed by atoms with E-state index < -0.39 is 17.4 Å². The van der Waals surface area contributed by atoms with Crippen molar-refractivity contribution in [3.05, 3.63) is 12.7 Å². The monoisotopic (exact) mass is 314 g/mol. The first-order chi connectivity index (χ1) is 10.4. The van der Waals surface area contributed by atoms with Gasteiger partial charge < -0.3 is 20.8 Å². The van der Waals surface area contributed by atoms with E-state index in [1.54, 1.807) is 13.0 Å². The van der Waals surface area contributed by atoms with E-state index in [0.717, 1.165) is 19.3 Å². The van der Waals surface area contributed by atoms with E-state index in [4.69, 9.17) is 0 Å². The van der Waals surface area contributed by atoms with Gasteiger partial charge in [0.05, 0.1) is 6.61 Å². The predicted molar refractivity (Wildman–Crippen MR) is 86.2 cm³/mol. The fraction of sp³-hybridized carbons (Fsp3) is 0.750. The highest BCUT2D eigenvalue weighted by molar-refractivity contribution is 5.82. The number of allylic oxidation sites excluding steroid dienone is 1. The lowest BCUT2D eigenvalue weighted by atomic mass is 9.81. The number of hydrogen-bond donors (Lipinski definition) is 4. The zero-order valence-corrected chi connectivity index (χ0v) is 13.7. The molecule has 0 fully saturated rings. The molecule has 0 saturated heterocycles. The van der Waals surface area contributed by atoms with Gasteiger partial charge in [-0.15, -0.1) is 6.58 Å². The second-order valence-corrected chi connectivity index (χ2v) is 5.81. The van der Waals surface area contributed by atoms with Crippen LogP contribution in [0.3, 0.4) is 0 Å². The molecule has 0 aliphatic heterocycles. The summed E-state index contributed by atoms with van der Waals surface area (Å²) in [5.74, 6) is -0.709. The van der Waals surface area contributed by atoms with Crippen LogP contribution in [0.4, 0.5) is 0 Å². The fourth-order valence-corrected chi connectivity index (χ4v) is 2.00. The van der Waals surface area contributed by atoms with Crippen molar-refractivity contribution in [2.45, 2.75) is 52.1 Å². The van der Waals surface area contributed by atoms with Gasteiger partial charge in [-0.2, -0.15) is 0 Å². The van der Waals surface area contributed by atoms with Gasteiger partial charge in [0.15, 0.2) is 0 Å². The van der Waals surface area contributed by atoms with Crippen LogP contribution >= 0.6 is 0 Å². The molecule has 4 N–H and O–H groups in total. The molecule has 0 aromatic rings. The largest absolute Gasteiger partial charge is 0.396 e. The SMILES string of the molecule is C=CC[C@](C)(CO)[C@@H](O)C(=O)NCCC(=O)NCCCCC. The Kier molecular flexibility index (Phi) is 10.5.